The van der Waals surface area contributed by atoms with E-state index >= 15 is 0 Å². The van der Waals surface area contributed by atoms with Gasteiger partial charge in [0.2, 0.25) is 5.69 Å². The Labute approximate surface area is 320 Å². The highest BCUT2D eigenvalue weighted by atomic mass is 32.2. The topological polar surface area (TPSA) is 233 Å². The number of benzene rings is 2. The Morgan fingerprint density at radius 2 is 1.42 bits per heavy atom. The molecular weight excluding hydrogens is 779 g/mol. The quantitative estimate of drug-likeness (QED) is 0.0988. The molecule has 3 heterocycles. The number of allylic oxidation sites excluding steroid dienone is 4. The third-order valence-electron chi connectivity index (χ3n) is 10.1. The molecule has 0 spiro atoms. The van der Waals surface area contributed by atoms with Gasteiger partial charge in [-0.2, -0.15) is 29.8 Å². The van der Waals surface area contributed by atoms with E-state index in [4.69, 9.17) is 4.84 Å². The van der Waals surface area contributed by atoms with Gasteiger partial charge in [-0.25, -0.2) is 4.79 Å². The molecule has 3 aliphatic heterocycles. The van der Waals surface area contributed by atoms with Crippen molar-refractivity contribution in [1.82, 2.24) is 5.06 Å². The van der Waals surface area contributed by atoms with Crippen LogP contribution in [0.4, 0.5) is 11.4 Å². The normalized spacial score (nSPS) is 18.9. The summed E-state index contributed by atoms with van der Waals surface area (Å²) in [6, 6.07) is 8.51. The minimum absolute atomic E-state index is 0.00546. The van der Waals surface area contributed by atoms with E-state index in [1.165, 1.54) is 30.3 Å². The predicted octanol–water partition coefficient (Wildman–Crippen LogP) is 4.24. The summed E-state index contributed by atoms with van der Waals surface area (Å²) in [6.45, 7) is 8.09. The zero-order chi connectivity index (χ0) is 40.7. The first-order chi connectivity index (χ1) is 25.4. The molecule has 1 fully saturated rings. The van der Waals surface area contributed by atoms with Gasteiger partial charge in [0.1, 0.15) is 6.54 Å². The van der Waals surface area contributed by atoms with Gasteiger partial charge in [-0.3, -0.25) is 23.2 Å². The minimum atomic E-state index is -4.53. The van der Waals surface area contributed by atoms with Crippen molar-refractivity contribution in [3.8, 4) is 0 Å². The molecule has 19 heteroatoms. The molecule has 55 heavy (non-hydrogen) atoms. The van der Waals surface area contributed by atoms with Crippen molar-refractivity contribution in [2.45, 2.75) is 93.3 Å². The molecule has 2 amide bonds. The molecule has 16 nitrogen and oxygen atoms in total. The molecule has 2 aromatic rings. The second-order valence-corrected chi connectivity index (χ2v) is 19.1. The van der Waals surface area contributed by atoms with Crippen molar-refractivity contribution in [2.75, 3.05) is 23.7 Å². The molecule has 3 N–H and O–H groups in total. The van der Waals surface area contributed by atoms with Crippen LogP contribution in [-0.4, -0.2) is 90.9 Å². The predicted molar refractivity (Wildman–Crippen MR) is 200 cm³/mol. The van der Waals surface area contributed by atoms with Crippen LogP contribution in [0.2, 0.25) is 0 Å². The molecule has 3 aliphatic rings. The van der Waals surface area contributed by atoms with Gasteiger partial charge in [-0.05, 0) is 68.7 Å². The van der Waals surface area contributed by atoms with Crippen LogP contribution < -0.4 is 4.90 Å². The molecule has 1 saturated heterocycles. The first-order valence-electron chi connectivity index (χ1n) is 17.5. The molecule has 2 aromatic carbocycles. The van der Waals surface area contributed by atoms with E-state index < -0.39 is 64.7 Å². The number of nitrogens with zero attached hydrogens (tertiary/aromatic N) is 3. The first-order valence-corrected chi connectivity index (χ1v) is 22.0. The number of hydrogen-bond acceptors (Lipinski definition) is 11. The lowest BCUT2D eigenvalue weighted by Crippen LogP contribution is -2.32. The molecule has 5 rings (SSSR count). The zero-order valence-corrected chi connectivity index (χ0v) is 33.2. The summed E-state index contributed by atoms with van der Waals surface area (Å²) in [5.74, 6) is -2.32. The lowest BCUT2D eigenvalue weighted by atomic mass is 9.81. The Morgan fingerprint density at radius 1 is 0.818 bits per heavy atom. The number of carbonyl (C=O) groups is 3. The maximum atomic E-state index is 12.3. The van der Waals surface area contributed by atoms with Crippen LogP contribution >= 0.6 is 0 Å². The number of anilines is 1. The molecule has 298 valence electrons. The first kappa shape index (κ1) is 41.9. The monoisotopic (exact) mass is 822 g/mol. The second-order valence-electron chi connectivity index (χ2n) is 14.7. The second kappa shape index (κ2) is 15.3. The van der Waals surface area contributed by atoms with Crippen LogP contribution in [0.15, 0.2) is 70.1 Å². The molecule has 0 atom stereocenters. The van der Waals surface area contributed by atoms with Crippen molar-refractivity contribution in [2.24, 2.45) is 0 Å². The Balaban J connectivity index is 1.44. The Kier molecular flexibility index (Phi) is 11.7. The summed E-state index contributed by atoms with van der Waals surface area (Å²) >= 11 is 0. The van der Waals surface area contributed by atoms with Crippen LogP contribution in [0, 0.1) is 0 Å². The Bertz CT molecular complexity index is 2350. The maximum absolute atomic E-state index is 12.3. The van der Waals surface area contributed by atoms with E-state index in [2.05, 4.69) is 0 Å². The smallest absolute Gasteiger partial charge is 0.333 e. The number of hydrogen-bond donors (Lipinski definition) is 3. The number of carbonyl (C=O) groups excluding carboxylic acids is 3. The van der Waals surface area contributed by atoms with Crippen LogP contribution in [-0.2, 0) is 60.4 Å². The van der Waals surface area contributed by atoms with Crippen LogP contribution in [0.5, 0.6) is 0 Å². The molecule has 0 saturated carbocycles. The van der Waals surface area contributed by atoms with Crippen LogP contribution in [0.1, 0.15) is 83.8 Å². The van der Waals surface area contributed by atoms with Crippen molar-refractivity contribution in [3.63, 3.8) is 0 Å². The van der Waals surface area contributed by atoms with E-state index in [9.17, 15) is 53.3 Å². The van der Waals surface area contributed by atoms with Gasteiger partial charge in [-0.15, -0.1) is 5.06 Å². The van der Waals surface area contributed by atoms with E-state index in [1.54, 1.807) is 18.2 Å². The SMILES string of the molecule is CC1(C)C(/C=C/C=C2/N(CCCCCC(=O)ON3C(=O)CCC3=O)c3ccc(S(=O)(=O)O)cc3C2(C)C)=[N+](CCCS(=O)(=O)O)c2ccc(S(=O)(=O)O)cc21. The number of fused-ring (bicyclic) bond motifs is 2. The Morgan fingerprint density at radius 3 is 2.02 bits per heavy atom. The average Bonchev–Trinajstić information content (AvgIpc) is 3.58. The summed E-state index contributed by atoms with van der Waals surface area (Å²) in [5, 5.41) is 0.510. The van der Waals surface area contributed by atoms with Gasteiger partial charge in [0.05, 0.1) is 21.0 Å². The van der Waals surface area contributed by atoms with Crippen LogP contribution in [0.25, 0.3) is 0 Å². The fourth-order valence-electron chi connectivity index (χ4n) is 7.27. The van der Waals surface area contributed by atoms with Gasteiger partial charge < -0.3 is 9.74 Å². The van der Waals surface area contributed by atoms with Crippen molar-refractivity contribution >= 4 is 65.2 Å². The number of imide groups is 1. The maximum Gasteiger partial charge on any atom is 0.333 e. The van der Waals surface area contributed by atoms with E-state index in [0.717, 1.165) is 5.70 Å². The summed E-state index contributed by atoms with van der Waals surface area (Å²) < 4.78 is 102. The molecule has 0 aliphatic carbocycles. The summed E-state index contributed by atoms with van der Waals surface area (Å²) in [4.78, 5) is 42.2. The third kappa shape index (κ3) is 9.08. The Hall–Kier alpha value is -4.27. The fourth-order valence-corrected chi connectivity index (χ4v) is 8.78. The lowest BCUT2D eigenvalue weighted by molar-refractivity contribution is -0.437. The van der Waals surface area contributed by atoms with Gasteiger partial charge >= 0.3 is 5.97 Å². The van der Waals surface area contributed by atoms with E-state index in [1.807, 2.05) is 43.2 Å². The number of unbranched alkanes of at least 4 members (excludes halogenated alkanes) is 2. The molecule has 0 bridgehead atoms. The number of hydroxylamine groups is 2. The highest BCUT2D eigenvalue weighted by Gasteiger charge is 2.45. The molecular formula is C36H44N3O13S3+. The van der Waals surface area contributed by atoms with Crippen molar-refractivity contribution < 1.29 is 62.7 Å². The van der Waals surface area contributed by atoms with Crippen molar-refractivity contribution in [3.05, 3.63) is 71.5 Å². The van der Waals surface area contributed by atoms with Crippen LogP contribution in [0.3, 0.4) is 0 Å². The molecule has 0 aromatic heterocycles. The summed E-state index contributed by atoms with van der Waals surface area (Å²) in [7, 11) is -13.3. The van der Waals surface area contributed by atoms with E-state index in [0.29, 0.717) is 59.1 Å². The summed E-state index contributed by atoms with van der Waals surface area (Å²) in [6.07, 6.45) is 6.97. The van der Waals surface area contributed by atoms with E-state index in [-0.39, 0.29) is 42.0 Å². The standard InChI is InChI=1S/C36H43N3O13S3/c1-35(2)26-22-24(54(46,47)48)13-15-28(26)37(19-7-5-6-12-34(42)52-39-32(40)17-18-33(39)41)30(35)10-8-11-31-36(3,4)27-23-25(55(49,50)51)14-16-29(27)38(31)20-9-21-53(43,44)45/h8,10-11,13-16,22-23H,5-7,9,12,17-21H2,1-4H3,(H2-,43,44,45,46,47,48,49,50,51)/p+1. The zero-order valence-electron chi connectivity index (χ0n) is 30.8. The largest absolute Gasteiger partial charge is 0.344 e. The fraction of sp³-hybridized carbons (Fsp3) is 0.444. The number of rotatable bonds is 15. The lowest BCUT2D eigenvalue weighted by Gasteiger charge is -2.27. The van der Waals surface area contributed by atoms with Gasteiger partial charge in [0.25, 0.3) is 42.2 Å². The van der Waals surface area contributed by atoms with Gasteiger partial charge in [-0.1, -0.05) is 26.3 Å². The van der Waals surface area contributed by atoms with Gasteiger partial charge in [0, 0.05) is 66.7 Å². The summed E-state index contributed by atoms with van der Waals surface area (Å²) in [5.41, 5.74) is 2.31. The number of amides is 2. The minimum Gasteiger partial charge on any atom is -0.344 e. The molecule has 0 radical (unpaired) electrons. The third-order valence-corrected chi connectivity index (χ3v) is 12.6. The highest BCUT2D eigenvalue weighted by Crippen LogP contribution is 2.49. The molecule has 0 unspecified atom stereocenters. The highest BCUT2D eigenvalue weighted by molar-refractivity contribution is 7.86. The average molecular weight is 823 g/mol. The van der Waals surface area contributed by atoms with Crippen molar-refractivity contribution in [1.29, 1.82) is 0 Å². The van der Waals surface area contributed by atoms with Gasteiger partial charge in [0.15, 0.2) is 5.71 Å².